The van der Waals surface area contributed by atoms with E-state index in [9.17, 15) is 15.0 Å². The summed E-state index contributed by atoms with van der Waals surface area (Å²) in [5, 5.41) is 19.5. The number of aliphatic carboxylic acids is 1. The van der Waals surface area contributed by atoms with Gasteiger partial charge < -0.3 is 15.0 Å². The molecule has 0 fully saturated rings. The number of rotatable bonds is 26. The zero-order valence-corrected chi connectivity index (χ0v) is 21.0. The second kappa shape index (κ2) is 25.7. The van der Waals surface area contributed by atoms with Crippen LogP contribution in [0.25, 0.3) is 0 Å². The number of carbonyl (C=O) groups is 1. The molecule has 0 amide bonds. The van der Waals surface area contributed by atoms with E-state index in [2.05, 4.69) is 0 Å². The lowest BCUT2D eigenvalue weighted by Gasteiger charge is -2.05. The number of aliphatic hydroxyl groups excluding tert-OH is 1. The van der Waals surface area contributed by atoms with E-state index in [-0.39, 0.29) is 12.5 Å². The summed E-state index contributed by atoms with van der Waals surface area (Å²) in [5.74, 6) is -0.904. The molecule has 3 nitrogen and oxygen atoms in total. The van der Waals surface area contributed by atoms with Crippen LogP contribution in [0.15, 0.2) is 0 Å². The number of hydrogen-bond donors (Lipinski definition) is 1. The summed E-state index contributed by atoms with van der Waals surface area (Å²) in [6, 6.07) is 0. The number of unbranched alkanes of at least 4 members (excludes halogenated alkanes) is 22. The first kappa shape index (κ1) is 30.4. The van der Waals surface area contributed by atoms with Crippen LogP contribution in [0, 0.1) is 0 Å². The van der Waals surface area contributed by atoms with E-state index in [1.165, 1.54) is 135 Å². The summed E-state index contributed by atoms with van der Waals surface area (Å²) >= 11 is 0. The molecule has 1 atom stereocenters. The van der Waals surface area contributed by atoms with Crippen LogP contribution in [0.1, 0.15) is 167 Å². The van der Waals surface area contributed by atoms with E-state index < -0.39 is 5.97 Å². The highest BCUT2D eigenvalue weighted by molar-refractivity contribution is 5.63. The molecule has 0 rings (SSSR count). The van der Waals surface area contributed by atoms with E-state index in [4.69, 9.17) is 0 Å². The molecule has 31 heavy (non-hydrogen) atoms. The van der Waals surface area contributed by atoms with Crippen molar-refractivity contribution in [3.63, 3.8) is 0 Å². The number of aliphatic hydroxyl groups is 1. The molecule has 0 aliphatic heterocycles. The van der Waals surface area contributed by atoms with Crippen LogP contribution in [0.5, 0.6) is 0 Å². The fourth-order valence-electron chi connectivity index (χ4n) is 4.42. The van der Waals surface area contributed by atoms with E-state index in [0.29, 0.717) is 0 Å². The zero-order valence-electron chi connectivity index (χ0n) is 21.0. The average molecular weight is 440 g/mol. The van der Waals surface area contributed by atoms with Gasteiger partial charge in [-0.05, 0) is 26.2 Å². The molecule has 0 bridgehead atoms. The molecule has 0 aliphatic carbocycles. The summed E-state index contributed by atoms with van der Waals surface area (Å²) in [5.41, 5.74) is 0. The Morgan fingerprint density at radius 1 is 0.516 bits per heavy atom. The minimum Gasteiger partial charge on any atom is -0.550 e. The number of hydrogen-bond acceptors (Lipinski definition) is 3. The second-order valence-electron chi connectivity index (χ2n) is 9.89. The minimum atomic E-state index is -0.904. The van der Waals surface area contributed by atoms with Crippen molar-refractivity contribution >= 4 is 5.97 Å². The highest BCUT2D eigenvalue weighted by atomic mass is 16.4. The molecular formula is C28H55O3-. The third-order valence-corrected chi connectivity index (χ3v) is 6.50. The first-order chi connectivity index (χ1) is 15.1. The fraction of sp³-hybridized carbons (Fsp3) is 0.964. The lowest BCUT2D eigenvalue weighted by atomic mass is 10.0. The van der Waals surface area contributed by atoms with Crippen LogP contribution in [0.3, 0.4) is 0 Å². The smallest absolute Gasteiger partial charge is 0.0512 e. The normalized spacial score (nSPS) is 12.3. The maximum Gasteiger partial charge on any atom is 0.0512 e. The van der Waals surface area contributed by atoms with Gasteiger partial charge in [-0.2, -0.15) is 0 Å². The van der Waals surface area contributed by atoms with Gasteiger partial charge in [0.25, 0.3) is 0 Å². The molecule has 1 unspecified atom stereocenters. The van der Waals surface area contributed by atoms with E-state index in [1.807, 2.05) is 6.92 Å². The van der Waals surface area contributed by atoms with Gasteiger partial charge in [-0.25, -0.2) is 0 Å². The van der Waals surface area contributed by atoms with E-state index in [0.717, 1.165) is 19.3 Å². The van der Waals surface area contributed by atoms with Gasteiger partial charge in [0.1, 0.15) is 0 Å². The summed E-state index contributed by atoms with van der Waals surface area (Å²) in [6.45, 7) is 1.89. The number of carbonyl (C=O) groups excluding carboxylic acids is 1. The van der Waals surface area contributed by atoms with Crippen LogP contribution < -0.4 is 5.11 Å². The van der Waals surface area contributed by atoms with Gasteiger partial charge in [0.15, 0.2) is 0 Å². The third-order valence-electron chi connectivity index (χ3n) is 6.50. The molecule has 0 saturated heterocycles. The first-order valence-corrected chi connectivity index (χ1v) is 14.0. The Morgan fingerprint density at radius 3 is 0.968 bits per heavy atom. The molecule has 0 heterocycles. The van der Waals surface area contributed by atoms with Gasteiger partial charge in [-0.3, -0.25) is 0 Å². The van der Waals surface area contributed by atoms with Crippen molar-refractivity contribution in [3.05, 3.63) is 0 Å². The maximum atomic E-state index is 10.3. The zero-order chi connectivity index (χ0) is 22.8. The summed E-state index contributed by atoms with van der Waals surface area (Å²) in [7, 11) is 0. The second-order valence-corrected chi connectivity index (χ2v) is 9.89. The van der Waals surface area contributed by atoms with Crippen molar-refractivity contribution in [3.8, 4) is 0 Å². The van der Waals surface area contributed by atoms with Crippen molar-refractivity contribution in [1.29, 1.82) is 0 Å². The van der Waals surface area contributed by atoms with Crippen LogP contribution in [0.4, 0.5) is 0 Å². The summed E-state index contributed by atoms with van der Waals surface area (Å²) in [4.78, 5) is 10.3. The Hall–Kier alpha value is -0.570. The van der Waals surface area contributed by atoms with Crippen LogP contribution in [-0.4, -0.2) is 17.2 Å². The molecule has 0 aromatic heterocycles. The van der Waals surface area contributed by atoms with Gasteiger partial charge >= 0.3 is 0 Å². The van der Waals surface area contributed by atoms with E-state index >= 15 is 0 Å². The Balaban J connectivity index is 3.01. The Morgan fingerprint density at radius 2 is 0.742 bits per heavy atom. The summed E-state index contributed by atoms with van der Waals surface area (Å²) in [6.07, 6.45) is 31.6. The molecule has 1 N–H and O–H groups in total. The lowest BCUT2D eigenvalue weighted by Crippen LogP contribution is -2.21. The van der Waals surface area contributed by atoms with Gasteiger partial charge in [-0.1, -0.05) is 141 Å². The Kier molecular flexibility index (Phi) is 25.2. The summed E-state index contributed by atoms with van der Waals surface area (Å²) < 4.78 is 0. The quantitative estimate of drug-likeness (QED) is 0.139. The number of carboxylic acids is 1. The van der Waals surface area contributed by atoms with Crippen LogP contribution in [-0.2, 0) is 4.79 Å². The molecule has 0 saturated carbocycles. The van der Waals surface area contributed by atoms with Crippen LogP contribution >= 0.6 is 0 Å². The van der Waals surface area contributed by atoms with Gasteiger partial charge in [0.2, 0.25) is 0 Å². The third kappa shape index (κ3) is 29.4. The highest BCUT2D eigenvalue weighted by Crippen LogP contribution is 2.15. The Labute approximate surface area is 194 Å². The van der Waals surface area contributed by atoms with Crippen molar-refractivity contribution in [2.24, 2.45) is 0 Å². The molecular weight excluding hydrogens is 384 g/mol. The predicted octanol–water partition coefficient (Wildman–Crippen LogP) is 7.87. The van der Waals surface area contributed by atoms with Gasteiger partial charge in [0.05, 0.1) is 6.10 Å². The molecule has 186 valence electrons. The molecule has 0 radical (unpaired) electrons. The van der Waals surface area contributed by atoms with E-state index in [1.54, 1.807) is 0 Å². The van der Waals surface area contributed by atoms with Crippen molar-refractivity contribution in [2.45, 2.75) is 174 Å². The lowest BCUT2D eigenvalue weighted by molar-refractivity contribution is -0.305. The van der Waals surface area contributed by atoms with Crippen molar-refractivity contribution < 1.29 is 15.0 Å². The average Bonchev–Trinajstić information content (AvgIpc) is 2.73. The molecule has 0 aliphatic rings. The largest absolute Gasteiger partial charge is 0.550 e. The molecule has 0 aromatic rings. The molecule has 0 spiro atoms. The highest BCUT2D eigenvalue weighted by Gasteiger charge is 1.97. The topological polar surface area (TPSA) is 60.4 Å². The molecule has 0 aromatic carbocycles. The predicted molar refractivity (Wildman–Crippen MR) is 132 cm³/mol. The Bertz CT molecular complexity index is 354. The van der Waals surface area contributed by atoms with Crippen molar-refractivity contribution in [1.82, 2.24) is 0 Å². The first-order valence-electron chi connectivity index (χ1n) is 14.0. The minimum absolute atomic E-state index is 0.116. The standard InChI is InChI=1S/C28H56O3/c1-27(29)25-23-21-19-17-15-13-11-9-7-5-3-2-4-6-8-10-12-14-16-18-20-22-24-26-28(30)31/h27,29H,2-26H2,1H3,(H,30,31)/p-1. The maximum absolute atomic E-state index is 10.3. The van der Waals surface area contributed by atoms with Gasteiger partial charge in [-0.15, -0.1) is 0 Å². The van der Waals surface area contributed by atoms with Gasteiger partial charge in [0, 0.05) is 5.97 Å². The van der Waals surface area contributed by atoms with Crippen molar-refractivity contribution in [2.75, 3.05) is 0 Å². The fourth-order valence-corrected chi connectivity index (χ4v) is 4.42. The molecule has 3 heteroatoms. The monoisotopic (exact) mass is 439 g/mol. The van der Waals surface area contributed by atoms with Crippen LogP contribution in [0.2, 0.25) is 0 Å². The SMILES string of the molecule is CC(O)CCCCCCCCCCCCCCCCCCCCCCCCCC(=O)[O-]. The number of carboxylic acid groups (broad SMARTS) is 1.